The van der Waals surface area contributed by atoms with Gasteiger partial charge in [-0.25, -0.2) is 0 Å². The van der Waals surface area contributed by atoms with Crippen LogP contribution in [0.25, 0.3) is 0 Å². The van der Waals surface area contributed by atoms with Gasteiger partial charge in [0.25, 0.3) is 0 Å². The molecule has 0 aliphatic carbocycles. The number of nitrogens with zero attached hydrogens (tertiary/aromatic N) is 1. The number of aryl methyl sites for hydroxylation is 1. The number of halogens is 3. The second-order valence-electron chi connectivity index (χ2n) is 6.23. The number of amides is 2. The van der Waals surface area contributed by atoms with E-state index in [2.05, 4.69) is 5.32 Å². The number of carbonyl (C=O) groups excluding carboxylic acids is 2. The lowest BCUT2D eigenvalue weighted by Crippen LogP contribution is -2.45. The van der Waals surface area contributed by atoms with E-state index in [1.165, 1.54) is 22.7 Å². The molecule has 1 unspecified atom stereocenters. The lowest BCUT2D eigenvalue weighted by atomic mass is 10.1. The van der Waals surface area contributed by atoms with Crippen LogP contribution in [0, 0.1) is 6.92 Å². The number of thioether (sulfide) groups is 1. The average molecular weight is 394 g/mol. The van der Waals surface area contributed by atoms with Gasteiger partial charge in [0.1, 0.15) is 6.54 Å². The van der Waals surface area contributed by atoms with Gasteiger partial charge in [-0.05, 0) is 43.7 Å². The van der Waals surface area contributed by atoms with Crippen LogP contribution in [0.5, 0.6) is 0 Å². The standard InChI is InChI=1S/C19H17F3N2O2S/c1-11-5-3-4-6-16(11)27-12(2)18(26)24-10-17(25)23-14-9-13(19(20,21)22)7-8-15(14)24/h3-9,12H,10H2,1-2H3,(H,23,25). The molecule has 1 aliphatic rings. The Morgan fingerprint density at radius 2 is 1.93 bits per heavy atom. The van der Waals surface area contributed by atoms with Crippen LogP contribution < -0.4 is 10.2 Å². The monoisotopic (exact) mass is 394 g/mol. The highest BCUT2D eigenvalue weighted by Crippen LogP contribution is 2.38. The van der Waals surface area contributed by atoms with Gasteiger partial charge in [0.2, 0.25) is 11.8 Å². The van der Waals surface area contributed by atoms with Crippen LogP contribution in [0.4, 0.5) is 24.5 Å². The van der Waals surface area contributed by atoms with Crippen LogP contribution in [0.15, 0.2) is 47.4 Å². The van der Waals surface area contributed by atoms with E-state index >= 15 is 0 Å². The summed E-state index contributed by atoms with van der Waals surface area (Å²) in [6, 6.07) is 10.6. The number of benzene rings is 2. The molecule has 2 aromatic carbocycles. The van der Waals surface area contributed by atoms with Gasteiger partial charge in [0, 0.05) is 4.90 Å². The number of nitrogens with one attached hydrogen (secondary N) is 1. The van der Waals surface area contributed by atoms with Crippen molar-refractivity contribution < 1.29 is 22.8 Å². The lowest BCUT2D eigenvalue weighted by molar-refractivity contribution is -0.137. The molecule has 4 nitrogen and oxygen atoms in total. The van der Waals surface area contributed by atoms with Crippen molar-refractivity contribution in [2.75, 3.05) is 16.8 Å². The third-order valence-corrected chi connectivity index (χ3v) is 5.47. The summed E-state index contributed by atoms with van der Waals surface area (Å²) in [7, 11) is 0. The van der Waals surface area contributed by atoms with E-state index in [4.69, 9.17) is 0 Å². The van der Waals surface area contributed by atoms with Crippen LogP contribution >= 0.6 is 11.8 Å². The van der Waals surface area contributed by atoms with Crippen molar-refractivity contribution in [3.8, 4) is 0 Å². The SMILES string of the molecule is Cc1ccccc1SC(C)C(=O)N1CC(=O)Nc2cc(C(F)(F)F)ccc21. The maximum Gasteiger partial charge on any atom is 0.416 e. The molecule has 142 valence electrons. The van der Waals surface area contributed by atoms with Crippen molar-refractivity contribution in [3.63, 3.8) is 0 Å². The van der Waals surface area contributed by atoms with Gasteiger partial charge >= 0.3 is 6.18 Å². The van der Waals surface area contributed by atoms with Gasteiger partial charge in [-0.3, -0.25) is 14.5 Å². The topological polar surface area (TPSA) is 49.4 Å². The van der Waals surface area contributed by atoms with E-state index in [9.17, 15) is 22.8 Å². The summed E-state index contributed by atoms with van der Waals surface area (Å²) in [5.41, 5.74) is 0.402. The first-order chi connectivity index (χ1) is 12.7. The third-order valence-electron chi connectivity index (χ3n) is 4.20. The van der Waals surface area contributed by atoms with E-state index in [1.807, 2.05) is 31.2 Å². The highest BCUT2D eigenvalue weighted by molar-refractivity contribution is 8.00. The summed E-state index contributed by atoms with van der Waals surface area (Å²) in [5.74, 6) is -0.859. The van der Waals surface area contributed by atoms with Crippen LogP contribution in [0.2, 0.25) is 0 Å². The molecule has 1 N–H and O–H groups in total. The number of anilines is 2. The predicted molar refractivity (Wildman–Crippen MR) is 98.9 cm³/mol. The van der Waals surface area contributed by atoms with Gasteiger partial charge in [-0.2, -0.15) is 13.2 Å². The molecule has 2 aromatic rings. The van der Waals surface area contributed by atoms with Crippen LogP contribution in [-0.2, 0) is 15.8 Å². The van der Waals surface area contributed by atoms with Crippen LogP contribution in [0.1, 0.15) is 18.1 Å². The van der Waals surface area contributed by atoms with Gasteiger partial charge in [0.05, 0.1) is 22.2 Å². The summed E-state index contributed by atoms with van der Waals surface area (Å²) in [6.45, 7) is 3.42. The van der Waals surface area contributed by atoms with Crippen LogP contribution in [-0.4, -0.2) is 23.6 Å². The third kappa shape index (κ3) is 4.10. The first-order valence-electron chi connectivity index (χ1n) is 8.21. The molecule has 1 heterocycles. The van der Waals surface area contributed by atoms with Crippen molar-refractivity contribution in [1.29, 1.82) is 0 Å². The Bertz CT molecular complexity index is 899. The first-order valence-corrected chi connectivity index (χ1v) is 9.09. The van der Waals surface area contributed by atoms with Gasteiger partial charge in [-0.15, -0.1) is 11.8 Å². The summed E-state index contributed by atoms with van der Waals surface area (Å²) in [5, 5.41) is 1.91. The molecule has 0 bridgehead atoms. The molecule has 2 amide bonds. The van der Waals surface area contributed by atoms with Crippen LogP contribution in [0.3, 0.4) is 0 Å². The molecule has 1 atom stereocenters. The molecule has 0 saturated carbocycles. The summed E-state index contributed by atoms with van der Waals surface area (Å²) >= 11 is 1.35. The molecule has 0 radical (unpaired) electrons. The summed E-state index contributed by atoms with van der Waals surface area (Å²) in [6.07, 6.45) is -4.53. The lowest BCUT2D eigenvalue weighted by Gasteiger charge is -2.31. The van der Waals surface area contributed by atoms with E-state index in [-0.39, 0.29) is 23.8 Å². The summed E-state index contributed by atoms with van der Waals surface area (Å²) < 4.78 is 38.8. The molecule has 0 aromatic heterocycles. The number of rotatable bonds is 3. The molecule has 8 heteroatoms. The van der Waals surface area contributed by atoms with Crippen molar-refractivity contribution in [2.45, 2.75) is 30.2 Å². The zero-order chi connectivity index (χ0) is 19.8. The fraction of sp³-hybridized carbons (Fsp3) is 0.263. The molecule has 3 rings (SSSR count). The molecular formula is C19H17F3N2O2S. The molecule has 0 fully saturated rings. The zero-order valence-electron chi connectivity index (χ0n) is 14.6. The highest BCUT2D eigenvalue weighted by Gasteiger charge is 2.35. The summed E-state index contributed by atoms with van der Waals surface area (Å²) in [4.78, 5) is 27.0. The molecule has 0 spiro atoms. The molecule has 27 heavy (non-hydrogen) atoms. The second kappa shape index (κ2) is 7.26. The maximum atomic E-state index is 12.9. The van der Waals surface area contributed by atoms with E-state index in [0.29, 0.717) is 0 Å². The van der Waals surface area contributed by atoms with Gasteiger partial charge in [-0.1, -0.05) is 18.2 Å². The van der Waals surface area contributed by atoms with E-state index < -0.39 is 22.9 Å². The number of fused-ring (bicyclic) bond motifs is 1. The molecule has 1 aliphatic heterocycles. The number of hydrogen-bond donors (Lipinski definition) is 1. The quantitative estimate of drug-likeness (QED) is 0.781. The Kier molecular flexibility index (Phi) is 5.19. The Labute approximate surface area is 158 Å². The minimum absolute atomic E-state index is 0.0116. The fourth-order valence-electron chi connectivity index (χ4n) is 2.81. The minimum Gasteiger partial charge on any atom is -0.323 e. The second-order valence-corrected chi connectivity index (χ2v) is 7.61. The fourth-order valence-corrected chi connectivity index (χ4v) is 3.83. The van der Waals surface area contributed by atoms with Gasteiger partial charge in [0.15, 0.2) is 0 Å². The minimum atomic E-state index is -4.53. The first kappa shape index (κ1) is 19.3. The van der Waals surface area contributed by atoms with E-state index in [1.54, 1.807) is 6.92 Å². The predicted octanol–water partition coefficient (Wildman–Crippen LogP) is 4.48. The van der Waals surface area contributed by atoms with Gasteiger partial charge < -0.3 is 5.32 Å². The van der Waals surface area contributed by atoms with Crippen molar-refractivity contribution in [2.24, 2.45) is 0 Å². The Hall–Kier alpha value is -2.48. The van der Waals surface area contributed by atoms with E-state index in [0.717, 1.165) is 22.6 Å². The largest absolute Gasteiger partial charge is 0.416 e. The number of carbonyl (C=O) groups is 2. The molecule has 0 saturated heterocycles. The molecular weight excluding hydrogens is 377 g/mol. The van der Waals surface area contributed by atoms with Crippen molar-refractivity contribution in [3.05, 3.63) is 53.6 Å². The average Bonchev–Trinajstić information content (AvgIpc) is 2.61. The van der Waals surface area contributed by atoms with Crippen molar-refractivity contribution in [1.82, 2.24) is 0 Å². The van der Waals surface area contributed by atoms with Crippen molar-refractivity contribution >= 4 is 35.0 Å². The Balaban J connectivity index is 1.88. The number of alkyl halides is 3. The maximum absolute atomic E-state index is 12.9. The smallest absolute Gasteiger partial charge is 0.323 e. The highest BCUT2D eigenvalue weighted by atomic mass is 32.2. The zero-order valence-corrected chi connectivity index (χ0v) is 15.4. The Morgan fingerprint density at radius 1 is 1.22 bits per heavy atom. The number of hydrogen-bond acceptors (Lipinski definition) is 3. The Morgan fingerprint density at radius 3 is 2.59 bits per heavy atom. The normalized spacial score (nSPS) is 15.1.